The number of nitrogens with zero attached hydrogens (tertiary/aromatic N) is 4. The van der Waals surface area contributed by atoms with Gasteiger partial charge in [-0.1, -0.05) is 29.8 Å². The second-order valence-electron chi connectivity index (χ2n) is 7.56. The first kappa shape index (κ1) is 19.2. The molecule has 2 aromatic carbocycles. The maximum Gasteiger partial charge on any atom is 0.229 e. The van der Waals surface area contributed by atoms with E-state index in [1.807, 2.05) is 18.2 Å². The van der Waals surface area contributed by atoms with Gasteiger partial charge in [0, 0.05) is 38.1 Å². The van der Waals surface area contributed by atoms with E-state index in [2.05, 4.69) is 53.0 Å². The summed E-state index contributed by atoms with van der Waals surface area (Å²) in [6, 6.07) is 13.2. The first-order valence-electron chi connectivity index (χ1n) is 9.93. The molecule has 29 heavy (non-hydrogen) atoms. The molecule has 0 atom stereocenters. The third-order valence-electron chi connectivity index (χ3n) is 5.35. The summed E-state index contributed by atoms with van der Waals surface area (Å²) >= 11 is 0. The highest BCUT2D eigenvalue weighted by Crippen LogP contribution is 2.26. The average molecular weight is 391 g/mol. The molecule has 1 aliphatic heterocycles. The Morgan fingerprint density at radius 2 is 1.55 bits per heavy atom. The molecular weight excluding hydrogens is 365 g/mol. The van der Waals surface area contributed by atoms with Gasteiger partial charge in [-0.2, -0.15) is 4.98 Å². The van der Waals surface area contributed by atoms with Crippen molar-refractivity contribution >= 4 is 23.1 Å². The van der Waals surface area contributed by atoms with Gasteiger partial charge in [0.15, 0.2) is 0 Å². The van der Waals surface area contributed by atoms with Crippen LogP contribution in [0.15, 0.2) is 48.7 Å². The topological polar surface area (TPSA) is 44.3 Å². The van der Waals surface area contributed by atoms with Crippen LogP contribution < -0.4 is 15.1 Å². The van der Waals surface area contributed by atoms with E-state index in [0.717, 1.165) is 37.7 Å². The van der Waals surface area contributed by atoms with Crippen LogP contribution in [0.4, 0.5) is 27.5 Å². The average Bonchev–Trinajstić information content (AvgIpc) is 2.71. The van der Waals surface area contributed by atoms with Crippen LogP contribution in [0.2, 0.25) is 0 Å². The van der Waals surface area contributed by atoms with Gasteiger partial charge in [-0.3, -0.25) is 0 Å². The van der Waals surface area contributed by atoms with Crippen LogP contribution in [-0.2, 0) is 0 Å². The number of anilines is 4. The Bertz CT molecular complexity index is 989. The van der Waals surface area contributed by atoms with Gasteiger partial charge < -0.3 is 15.1 Å². The SMILES string of the molecule is Cc1cc(C)c(Nc2nccc(N3CCN(c4ccccc4F)CC3)n2)c(C)c1. The molecule has 0 bridgehead atoms. The Hall–Kier alpha value is -3.15. The van der Waals surface area contributed by atoms with E-state index >= 15 is 0 Å². The molecule has 1 saturated heterocycles. The van der Waals surface area contributed by atoms with E-state index in [-0.39, 0.29) is 5.82 Å². The van der Waals surface area contributed by atoms with Gasteiger partial charge >= 0.3 is 0 Å². The number of hydrogen-bond acceptors (Lipinski definition) is 5. The maximum absolute atomic E-state index is 14.1. The quantitative estimate of drug-likeness (QED) is 0.704. The second-order valence-corrected chi connectivity index (χ2v) is 7.56. The molecule has 1 aliphatic rings. The van der Waals surface area contributed by atoms with Gasteiger partial charge in [0.25, 0.3) is 0 Å². The van der Waals surface area contributed by atoms with Gasteiger partial charge in [-0.25, -0.2) is 9.37 Å². The second kappa shape index (κ2) is 8.07. The zero-order valence-electron chi connectivity index (χ0n) is 17.1. The molecule has 0 unspecified atom stereocenters. The zero-order valence-corrected chi connectivity index (χ0v) is 17.1. The van der Waals surface area contributed by atoms with Crippen LogP contribution in [0.5, 0.6) is 0 Å². The molecule has 0 saturated carbocycles. The summed E-state index contributed by atoms with van der Waals surface area (Å²) in [5.41, 5.74) is 5.32. The Morgan fingerprint density at radius 1 is 0.897 bits per heavy atom. The molecule has 5 nitrogen and oxygen atoms in total. The van der Waals surface area contributed by atoms with Crippen molar-refractivity contribution in [3.63, 3.8) is 0 Å². The van der Waals surface area contributed by atoms with Crippen molar-refractivity contribution in [2.75, 3.05) is 41.3 Å². The minimum atomic E-state index is -0.168. The fourth-order valence-corrected chi connectivity index (χ4v) is 3.96. The molecule has 3 aromatic rings. The predicted molar refractivity (Wildman–Crippen MR) is 117 cm³/mol. The molecule has 1 N–H and O–H groups in total. The number of benzene rings is 2. The van der Waals surface area contributed by atoms with Crippen LogP contribution in [-0.4, -0.2) is 36.1 Å². The molecule has 0 aliphatic carbocycles. The molecule has 1 fully saturated rings. The number of aromatic nitrogens is 2. The summed E-state index contributed by atoms with van der Waals surface area (Å²) in [5, 5.41) is 3.38. The monoisotopic (exact) mass is 391 g/mol. The van der Waals surface area contributed by atoms with Crippen LogP contribution in [0.1, 0.15) is 16.7 Å². The van der Waals surface area contributed by atoms with E-state index in [0.29, 0.717) is 11.6 Å². The van der Waals surface area contributed by atoms with Crippen LogP contribution in [0.25, 0.3) is 0 Å². The lowest BCUT2D eigenvalue weighted by atomic mass is 10.1. The van der Waals surface area contributed by atoms with Crippen molar-refractivity contribution in [3.8, 4) is 0 Å². The third kappa shape index (κ3) is 4.16. The fourth-order valence-electron chi connectivity index (χ4n) is 3.96. The van der Waals surface area contributed by atoms with E-state index in [1.54, 1.807) is 12.3 Å². The molecular formula is C23H26FN5. The lowest BCUT2D eigenvalue weighted by Gasteiger charge is -2.36. The first-order valence-corrected chi connectivity index (χ1v) is 9.93. The summed E-state index contributed by atoms with van der Waals surface area (Å²) in [6.07, 6.45) is 1.78. The van der Waals surface area contributed by atoms with Crippen LogP contribution in [0.3, 0.4) is 0 Å². The predicted octanol–water partition coefficient (Wildman–Crippen LogP) is 4.61. The standard InChI is InChI=1S/C23H26FN5/c1-16-14-17(2)22(18(3)15-16)27-23-25-9-8-21(26-23)29-12-10-28(11-13-29)20-7-5-4-6-19(20)24/h4-9,14-15H,10-13H2,1-3H3,(H,25,26,27). The minimum absolute atomic E-state index is 0.168. The number of para-hydroxylation sites is 1. The number of piperazine rings is 1. The van der Waals surface area contributed by atoms with Crippen molar-refractivity contribution in [1.29, 1.82) is 0 Å². The Kier molecular flexibility index (Phi) is 5.34. The smallest absolute Gasteiger partial charge is 0.229 e. The molecule has 0 radical (unpaired) electrons. The lowest BCUT2D eigenvalue weighted by Crippen LogP contribution is -2.47. The summed E-state index contributed by atoms with van der Waals surface area (Å²) in [7, 11) is 0. The van der Waals surface area contributed by atoms with Crippen LogP contribution >= 0.6 is 0 Å². The Labute approximate surface area is 171 Å². The highest BCUT2D eigenvalue weighted by atomic mass is 19.1. The van der Waals surface area contributed by atoms with Crippen molar-refractivity contribution < 1.29 is 4.39 Å². The number of halogens is 1. The zero-order chi connectivity index (χ0) is 20.4. The largest absolute Gasteiger partial charge is 0.366 e. The fraction of sp³-hybridized carbons (Fsp3) is 0.304. The molecule has 150 valence electrons. The van der Waals surface area contributed by atoms with Crippen molar-refractivity contribution in [2.24, 2.45) is 0 Å². The molecule has 1 aromatic heterocycles. The van der Waals surface area contributed by atoms with E-state index in [1.165, 1.54) is 22.8 Å². The summed E-state index contributed by atoms with van der Waals surface area (Å²) in [4.78, 5) is 13.4. The van der Waals surface area contributed by atoms with Crippen molar-refractivity contribution in [3.05, 3.63) is 71.2 Å². The third-order valence-corrected chi connectivity index (χ3v) is 5.35. The summed E-state index contributed by atoms with van der Waals surface area (Å²) in [6.45, 7) is 9.36. The van der Waals surface area contributed by atoms with E-state index in [4.69, 9.17) is 4.98 Å². The molecule has 2 heterocycles. The summed E-state index contributed by atoms with van der Waals surface area (Å²) in [5.74, 6) is 1.31. The Balaban J connectivity index is 1.47. The highest BCUT2D eigenvalue weighted by Gasteiger charge is 2.20. The minimum Gasteiger partial charge on any atom is -0.366 e. The highest BCUT2D eigenvalue weighted by molar-refractivity contribution is 5.64. The molecule has 0 spiro atoms. The van der Waals surface area contributed by atoms with Gasteiger partial charge in [-0.15, -0.1) is 0 Å². The number of aryl methyl sites for hydroxylation is 3. The van der Waals surface area contributed by atoms with Crippen LogP contribution in [0, 0.1) is 26.6 Å². The number of hydrogen-bond donors (Lipinski definition) is 1. The van der Waals surface area contributed by atoms with E-state index < -0.39 is 0 Å². The van der Waals surface area contributed by atoms with Crippen molar-refractivity contribution in [1.82, 2.24) is 9.97 Å². The molecule has 4 rings (SSSR count). The van der Waals surface area contributed by atoms with Gasteiger partial charge in [-0.05, 0) is 50.1 Å². The van der Waals surface area contributed by atoms with E-state index in [9.17, 15) is 4.39 Å². The number of rotatable bonds is 4. The molecule has 0 amide bonds. The van der Waals surface area contributed by atoms with Crippen molar-refractivity contribution in [2.45, 2.75) is 20.8 Å². The van der Waals surface area contributed by atoms with Gasteiger partial charge in [0.2, 0.25) is 5.95 Å². The Morgan fingerprint density at radius 3 is 2.24 bits per heavy atom. The first-order chi connectivity index (χ1) is 14.0. The normalized spacial score (nSPS) is 14.2. The van der Waals surface area contributed by atoms with Gasteiger partial charge in [0.1, 0.15) is 11.6 Å². The lowest BCUT2D eigenvalue weighted by molar-refractivity contribution is 0.596. The number of nitrogens with one attached hydrogen (secondary N) is 1. The molecule has 6 heteroatoms. The summed E-state index contributed by atoms with van der Waals surface area (Å²) < 4.78 is 14.1. The van der Waals surface area contributed by atoms with Gasteiger partial charge in [0.05, 0.1) is 5.69 Å². The maximum atomic E-state index is 14.1.